The molecule has 6 nitrogen and oxygen atoms in total. The number of H-pyrrole nitrogens is 1. The van der Waals surface area contributed by atoms with E-state index in [0.717, 1.165) is 42.8 Å². The monoisotopic (exact) mass is 321 g/mol. The number of likely N-dealkylation sites (tertiary alicyclic amines) is 1. The van der Waals surface area contributed by atoms with Crippen LogP contribution in [0.1, 0.15) is 40.5 Å². The van der Waals surface area contributed by atoms with Gasteiger partial charge in [-0.2, -0.15) is 0 Å². The highest BCUT2D eigenvalue weighted by Crippen LogP contribution is 2.29. The van der Waals surface area contributed by atoms with E-state index in [9.17, 15) is 4.79 Å². The summed E-state index contributed by atoms with van der Waals surface area (Å²) in [5.74, 6) is 0.509. The number of nitrogens with one attached hydrogen (secondary N) is 1. The van der Waals surface area contributed by atoms with Crippen LogP contribution < -0.4 is 0 Å². The maximum absolute atomic E-state index is 12.5. The van der Waals surface area contributed by atoms with Gasteiger partial charge in [0.2, 0.25) is 0 Å². The highest BCUT2D eigenvalue weighted by atomic mass is 16.2. The molecule has 0 atom stereocenters. The third-order valence-electron chi connectivity index (χ3n) is 4.63. The molecule has 1 fully saturated rings. The third-order valence-corrected chi connectivity index (χ3v) is 4.63. The van der Waals surface area contributed by atoms with Crippen LogP contribution in [0.2, 0.25) is 0 Å². The Morgan fingerprint density at radius 2 is 2.00 bits per heavy atom. The van der Waals surface area contributed by atoms with Gasteiger partial charge in [-0.05, 0) is 38.0 Å². The number of fused-ring (bicyclic) bond motifs is 1. The van der Waals surface area contributed by atoms with Gasteiger partial charge in [0.25, 0.3) is 5.91 Å². The molecular formula is C18H19N5O. The second-order valence-electron chi connectivity index (χ2n) is 6.27. The molecular weight excluding hydrogens is 302 g/mol. The van der Waals surface area contributed by atoms with Gasteiger partial charge in [0.1, 0.15) is 5.52 Å². The summed E-state index contributed by atoms with van der Waals surface area (Å²) in [6.45, 7) is 3.47. The number of rotatable bonds is 2. The molecule has 6 heteroatoms. The van der Waals surface area contributed by atoms with Crippen molar-refractivity contribution in [2.24, 2.45) is 0 Å². The molecule has 1 aliphatic heterocycles. The predicted molar refractivity (Wildman–Crippen MR) is 90.7 cm³/mol. The summed E-state index contributed by atoms with van der Waals surface area (Å²) in [6.07, 6.45) is 7.00. The Morgan fingerprint density at radius 3 is 2.75 bits per heavy atom. The Bertz CT molecular complexity index is 866. The van der Waals surface area contributed by atoms with Crippen molar-refractivity contribution in [2.75, 3.05) is 13.1 Å². The Morgan fingerprint density at radius 1 is 1.25 bits per heavy atom. The van der Waals surface area contributed by atoms with Crippen LogP contribution in [-0.2, 0) is 0 Å². The van der Waals surface area contributed by atoms with Crippen LogP contribution in [0.5, 0.6) is 0 Å². The number of amides is 1. The van der Waals surface area contributed by atoms with Crippen LogP contribution in [0.25, 0.3) is 11.2 Å². The quantitative estimate of drug-likeness (QED) is 0.787. The topological polar surface area (TPSA) is 74.8 Å². The van der Waals surface area contributed by atoms with Crippen molar-refractivity contribution < 1.29 is 4.79 Å². The van der Waals surface area contributed by atoms with E-state index in [-0.39, 0.29) is 5.91 Å². The molecule has 0 bridgehead atoms. The van der Waals surface area contributed by atoms with Gasteiger partial charge in [0.15, 0.2) is 5.65 Å². The molecule has 1 N–H and O–H groups in total. The van der Waals surface area contributed by atoms with Crippen LogP contribution in [-0.4, -0.2) is 43.8 Å². The Kier molecular flexibility index (Phi) is 3.72. The van der Waals surface area contributed by atoms with Gasteiger partial charge in [0.05, 0.1) is 5.69 Å². The van der Waals surface area contributed by atoms with Crippen LogP contribution in [0.15, 0.2) is 36.8 Å². The first kappa shape index (κ1) is 14.8. The minimum atomic E-state index is 0.0893. The minimum absolute atomic E-state index is 0.0893. The minimum Gasteiger partial charge on any atom is -0.342 e. The molecule has 4 rings (SSSR count). The van der Waals surface area contributed by atoms with Gasteiger partial charge < -0.3 is 9.88 Å². The Balaban J connectivity index is 1.46. The maximum atomic E-state index is 12.5. The zero-order valence-electron chi connectivity index (χ0n) is 13.6. The average molecular weight is 321 g/mol. The van der Waals surface area contributed by atoms with E-state index < -0.39 is 0 Å². The van der Waals surface area contributed by atoms with E-state index in [0.29, 0.717) is 11.5 Å². The van der Waals surface area contributed by atoms with E-state index in [4.69, 9.17) is 0 Å². The van der Waals surface area contributed by atoms with Crippen molar-refractivity contribution in [1.82, 2.24) is 24.8 Å². The second kappa shape index (κ2) is 6.03. The van der Waals surface area contributed by atoms with Crippen molar-refractivity contribution in [3.8, 4) is 0 Å². The van der Waals surface area contributed by atoms with Gasteiger partial charge in [-0.1, -0.05) is 0 Å². The molecule has 0 aliphatic carbocycles. The van der Waals surface area contributed by atoms with Crippen molar-refractivity contribution >= 4 is 17.1 Å². The molecule has 122 valence electrons. The molecule has 3 aromatic rings. The summed E-state index contributed by atoms with van der Waals surface area (Å²) in [5.41, 5.74) is 4.55. The number of aromatic nitrogens is 4. The normalized spacial score (nSPS) is 15.8. The number of aryl methyl sites for hydroxylation is 1. The number of carbonyl (C=O) groups excluding carboxylic acids is 1. The molecule has 1 saturated heterocycles. The lowest BCUT2D eigenvalue weighted by Gasteiger charge is -2.31. The van der Waals surface area contributed by atoms with Gasteiger partial charge >= 0.3 is 0 Å². The average Bonchev–Trinajstić information content (AvgIpc) is 3.05. The van der Waals surface area contributed by atoms with Crippen molar-refractivity contribution in [3.63, 3.8) is 0 Å². The fourth-order valence-electron chi connectivity index (χ4n) is 3.29. The number of hydrogen-bond acceptors (Lipinski definition) is 4. The molecule has 24 heavy (non-hydrogen) atoms. The Hall–Kier alpha value is -2.76. The van der Waals surface area contributed by atoms with Crippen molar-refractivity contribution in [2.45, 2.75) is 25.7 Å². The van der Waals surface area contributed by atoms with Gasteiger partial charge in [-0.15, -0.1) is 0 Å². The lowest BCUT2D eigenvalue weighted by Crippen LogP contribution is -2.38. The standard InChI is InChI=1S/C18H19N5O/c1-12-11-20-16-10-15(22-17(16)21-12)13-4-8-23(9-5-13)18(24)14-2-6-19-7-3-14/h2-3,6-7,10-11,13H,4-5,8-9H2,1H3,(H,21,22). The molecule has 3 aromatic heterocycles. The predicted octanol–water partition coefficient (Wildman–Crippen LogP) is 2.68. The molecule has 0 unspecified atom stereocenters. The smallest absolute Gasteiger partial charge is 0.253 e. The molecule has 0 saturated carbocycles. The van der Waals surface area contributed by atoms with Gasteiger partial charge in [0, 0.05) is 48.9 Å². The first-order chi connectivity index (χ1) is 11.7. The number of carbonyl (C=O) groups is 1. The van der Waals surface area contributed by atoms with Gasteiger partial charge in [-0.3, -0.25) is 14.8 Å². The second-order valence-corrected chi connectivity index (χ2v) is 6.27. The molecule has 4 heterocycles. The number of piperidine rings is 1. The maximum Gasteiger partial charge on any atom is 0.253 e. The molecule has 1 amide bonds. The lowest BCUT2D eigenvalue weighted by molar-refractivity contribution is 0.0712. The van der Waals surface area contributed by atoms with E-state index in [1.54, 1.807) is 30.7 Å². The SMILES string of the molecule is Cc1cnc2cc(C3CCN(C(=O)c4ccncc4)CC3)[nH]c2n1. The lowest BCUT2D eigenvalue weighted by atomic mass is 9.93. The molecule has 0 radical (unpaired) electrons. The number of nitrogens with zero attached hydrogens (tertiary/aromatic N) is 4. The highest BCUT2D eigenvalue weighted by Gasteiger charge is 2.25. The summed E-state index contributed by atoms with van der Waals surface area (Å²) in [4.78, 5) is 30.7. The zero-order valence-corrected chi connectivity index (χ0v) is 13.6. The van der Waals surface area contributed by atoms with Crippen molar-refractivity contribution in [3.05, 3.63) is 53.7 Å². The van der Waals surface area contributed by atoms with Crippen LogP contribution in [0.3, 0.4) is 0 Å². The fourth-order valence-corrected chi connectivity index (χ4v) is 3.29. The van der Waals surface area contributed by atoms with Crippen LogP contribution in [0.4, 0.5) is 0 Å². The number of hydrogen-bond donors (Lipinski definition) is 1. The number of aromatic amines is 1. The summed E-state index contributed by atoms with van der Waals surface area (Å²) in [6, 6.07) is 5.63. The third kappa shape index (κ3) is 2.75. The Labute approximate surface area is 140 Å². The summed E-state index contributed by atoms with van der Waals surface area (Å²) >= 11 is 0. The fraction of sp³-hybridized carbons (Fsp3) is 0.333. The summed E-state index contributed by atoms with van der Waals surface area (Å²) < 4.78 is 0. The van der Waals surface area contributed by atoms with Crippen LogP contribution >= 0.6 is 0 Å². The number of pyridine rings is 1. The summed E-state index contributed by atoms with van der Waals surface area (Å²) in [7, 11) is 0. The first-order valence-electron chi connectivity index (χ1n) is 8.22. The largest absolute Gasteiger partial charge is 0.342 e. The van der Waals surface area contributed by atoms with Gasteiger partial charge in [-0.25, -0.2) is 4.98 Å². The molecule has 0 aromatic carbocycles. The van der Waals surface area contributed by atoms with Crippen molar-refractivity contribution in [1.29, 1.82) is 0 Å². The molecule has 0 spiro atoms. The van der Waals surface area contributed by atoms with E-state index in [2.05, 4.69) is 26.0 Å². The highest BCUT2D eigenvalue weighted by molar-refractivity contribution is 5.94. The van der Waals surface area contributed by atoms with E-state index in [1.165, 1.54) is 5.69 Å². The van der Waals surface area contributed by atoms with Crippen LogP contribution in [0, 0.1) is 6.92 Å². The van der Waals surface area contributed by atoms with E-state index in [1.807, 2.05) is 11.8 Å². The molecule has 1 aliphatic rings. The zero-order chi connectivity index (χ0) is 16.5. The first-order valence-corrected chi connectivity index (χ1v) is 8.22. The summed E-state index contributed by atoms with van der Waals surface area (Å²) in [5, 5.41) is 0. The van der Waals surface area contributed by atoms with E-state index >= 15 is 0 Å².